The lowest BCUT2D eigenvalue weighted by Gasteiger charge is -2.30. The highest BCUT2D eigenvalue weighted by molar-refractivity contribution is 9.10. The molecule has 0 radical (unpaired) electrons. The summed E-state index contributed by atoms with van der Waals surface area (Å²) in [7, 11) is 0. The number of pyridine rings is 1. The third-order valence-electron chi connectivity index (χ3n) is 2.59. The first-order valence-corrected chi connectivity index (χ1v) is 5.80. The molecule has 1 aromatic rings. The number of nitrogen functional groups attached to an aromatic ring is 1. The van der Waals surface area contributed by atoms with Crippen molar-refractivity contribution in [3.05, 3.63) is 16.2 Å². The zero-order chi connectivity index (χ0) is 13.1. The van der Waals surface area contributed by atoms with Gasteiger partial charge in [-0.2, -0.15) is 0 Å². The van der Waals surface area contributed by atoms with E-state index >= 15 is 0 Å². The molecule has 0 atom stereocenters. The number of halogens is 1. The summed E-state index contributed by atoms with van der Waals surface area (Å²) in [6.45, 7) is 0.553. The van der Waals surface area contributed by atoms with E-state index in [1.807, 2.05) is 6.92 Å². The first-order valence-electron chi connectivity index (χ1n) is 5.01. The Labute approximate surface area is 108 Å². The van der Waals surface area contributed by atoms with Gasteiger partial charge in [0.2, 0.25) is 0 Å². The number of anilines is 2. The molecule has 0 saturated carbocycles. The van der Waals surface area contributed by atoms with Gasteiger partial charge in [0, 0.05) is 0 Å². The molecule has 0 aliphatic carbocycles. The molecule has 1 rings (SSSR count). The fourth-order valence-corrected chi connectivity index (χ4v) is 1.63. The highest BCUT2D eigenvalue weighted by Gasteiger charge is 2.29. The van der Waals surface area contributed by atoms with Crippen LogP contribution in [0, 0.1) is 6.92 Å². The lowest BCUT2D eigenvalue weighted by atomic mass is 10.0. The van der Waals surface area contributed by atoms with Crippen LogP contribution in [-0.4, -0.2) is 45.7 Å². The van der Waals surface area contributed by atoms with Crippen LogP contribution in [0.5, 0.6) is 0 Å². The van der Waals surface area contributed by atoms with Crippen LogP contribution in [0.4, 0.5) is 11.5 Å². The molecular weight excluding hydrogens is 290 g/mol. The normalized spacial score (nSPS) is 11.6. The predicted molar refractivity (Wildman–Crippen MR) is 68.7 cm³/mol. The van der Waals surface area contributed by atoms with Crippen molar-refractivity contribution in [1.29, 1.82) is 0 Å². The van der Waals surface area contributed by atoms with Crippen LogP contribution in [0.15, 0.2) is 10.7 Å². The number of aliphatic hydroxyl groups is 3. The summed E-state index contributed by atoms with van der Waals surface area (Å²) in [6.07, 6.45) is 1.47. The van der Waals surface area contributed by atoms with Crippen molar-refractivity contribution in [2.45, 2.75) is 12.5 Å². The Bertz CT molecular complexity index is 388. The van der Waals surface area contributed by atoms with E-state index in [0.29, 0.717) is 16.0 Å². The molecule has 0 bridgehead atoms. The van der Waals surface area contributed by atoms with Gasteiger partial charge in [-0.05, 0) is 28.4 Å². The molecule has 96 valence electrons. The van der Waals surface area contributed by atoms with Crippen LogP contribution in [0.1, 0.15) is 5.56 Å². The molecule has 0 fully saturated rings. The molecule has 7 heteroatoms. The number of hydrogen-bond acceptors (Lipinski definition) is 6. The van der Waals surface area contributed by atoms with Crippen molar-refractivity contribution in [1.82, 2.24) is 4.98 Å². The summed E-state index contributed by atoms with van der Waals surface area (Å²) in [4.78, 5) is 4.05. The second kappa shape index (κ2) is 5.63. The maximum absolute atomic E-state index is 9.20. The minimum absolute atomic E-state index is 0.411. The number of nitrogens with one attached hydrogen (secondary N) is 1. The molecule has 0 amide bonds. The summed E-state index contributed by atoms with van der Waals surface area (Å²) in [6, 6.07) is 0. The number of rotatable bonds is 5. The van der Waals surface area contributed by atoms with Crippen LogP contribution in [0.3, 0.4) is 0 Å². The molecule has 0 unspecified atom stereocenters. The Morgan fingerprint density at radius 3 is 2.35 bits per heavy atom. The Balaban J connectivity index is 3.06. The topological polar surface area (TPSA) is 112 Å². The molecule has 0 saturated heterocycles. The predicted octanol–water partition coefficient (Wildman–Crippen LogP) is -0.138. The molecule has 0 aliphatic heterocycles. The number of hydrogen-bond donors (Lipinski definition) is 5. The van der Waals surface area contributed by atoms with Crippen molar-refractivity contribution in [2.24, 2.45) is 0 Å². The van der Waals surface area contributed by atoms with Gasteiger partial charge in [0.15, 0.2) is 0 Å². The fraction of sp³-hybridized carbons (Fsp3) is 0.500. The van der Waals surface area contributed by atoms with E-state index in [0.717, 1.165) is 5.56 Å². The number of nitrogens with two attached hydrogens (primary N) is 1. The first kappa shape index (κ1) is 14.2. The number of aliphatic hydroxyl groups excluding tert-OH is 3. The van der Waals surface area contributed by atoms with E-state index < -0.39 is 25.4 Å². The van der Waals surface area contributed by atoms with Crippen LogP contribution in [0.2, 0.25) is 0 Å². The van der Waals surface area contributed by atoms with Crippen molar-refractivity contribution >= 4 is 27.4 Å². The smallest absolute Gasteiger partial charge is 0.141 e. The van der Waals surface area contributed by atoms with Gasteiger partial charge in [-0.15, -0.1) is 0 Å². The van der Waals surface area contributed by atoms with E-state index in [2.05, 4.69) is 26.2 Å². The summed E-state index contributed by atoms with van der Waals surface area (Å²) >= 11 is 3.32. The van der Waals surface area contributed by atoms with Gasteiger partial charge in [-0.3, -0.25) is 0 Å². The molecule has 1 heterocycles. The summed E-state index contributed by atoms with van der Waals surface area (Å²) in [5.41, 5.74) is 5.80. The Morgan fingerprint density at radius 1 is 1.35 bits per heavy atom. The quantitative estimate of drug-likeness (QED) is 0.518. The van der Waals surface area contributed by atoms with Crippen LogP contribution in [-0.2, 0) is 0 Å². The van der Waals surface area contributed by atoms with Gasteiger partial charge in [0.25, 0.3) is 0 Å². The average Bonchev–Trinajstić information content (AvgIpc) is 2.36. The Morgan fingerprint density at radius 2 is 1.88 bits per heavy atom. The fourth-order valence-electron chi connectivity index (χ4n) is 1.20. The Hall–Kier alpha value is -0.890. The van der Waals surface area contributed by atoms with Crippen LogP contribution < -0.4 is 11.1 Å². The van der Waals surface area contributed by atoms with Gasteiger partial charge in [0.1, 0.15) is 11.4 Å². The van der Waals surface area contributed by atoms with E-state index in [-0.39, 0.29) is 0 Å². The molecule has 6 nitrogen and oxygen atoms in total. The van der Waals surface area contributed by atoms with Crippen LogP contribution in [0.25, 0.3) is 0 Å². The summed E-state index contributed by atoms with van der Waals surface area (Å²) < 4.78 is 0.636. The largest absolute Gasteiger partial charge is 0.397 e. The summed E-state index contributed by atoms with van der Waals surface area (Å²) in [5, 5.41) is 30.4. The third-order valence-corrected chi connectivity index (χ3v) is 3.56. The van der Waals surface area contributed by atoms with Gasteiger partial charge in [-0.25, -0.2) is 4.98 Å². The standard InChI is InChI=1S/C10H16BrN3O3/c1-6-7(12)2-13-9(8(6)11)14-10(3-15,4-16)5-17/h2,15-17H,3-5,12H2,1H3,(H,13,14). The van der Waals surface area contributed by atoms with E-state index in [1.165, 1.54) is 6.20 Å². The monoisotopic (exact) mass is 305 g/mol. The van der Waals surface area contributed by atoms with E-state index in [1.54, 1.807) is 0 Å². The van der Waals surface area contributed by atoms with E-state index in [9.17, 15) is 15.3 Å². The molecule has 1 aromatic heterocycles. The first-order chi connectivity index (χ1) is 7.99. The van der Waals surface area contributed by atoms with Crippen molar-refractivity contribution in [3.63, 3.8) is 0 Å². The second-order valence-electron chi connectivity index (χ2n) is 3.88. The molecule has 0 spiro atoms. The van der Waals surface area contributed by atoms with Gasteiger partial charge in [-0.1, -0.05) is 0 Å². The SMILES string of the molecule is Cc1c(N)cnc(NC(CO)(CO)CO)c1Br. The molecule has 0 aromatic carbocycles. The van der Waals surface area contributed by atoms with Gasteiger partial charge < -0.3 is 26.4 Å². The van der Waals surface area contributed by atoms with Crippen molar-refractivity contribution in [2.75, 3.05) is 30.9 Å². The molecular formula is C10H16BrN3O3. The number of nitrogens with zero attached hydrogens (tertiary/aromatic N) is 1. The molecule has 0 aliphatic rings. The van der Waals surface area contributed by atoms with Gasteiger partial charge in [0.05, 0.1) is 36.2 Å². The minimum atomic E-state index is -1.21. The molecule has 17 heavy (non-hydrogen) atoms. The zero-order valence-corrected chi connectivity index (χ0v) is 11.0. The Kier molecular flexibility index (Phi) is 4.70. The number of aromatic nitrogens is 1. The average molecular weight is 306 g/mol. The van der Waals surface area contributed by atoms with E-state index in [4.69, 9.17) is 5.73 Å². The lowest BCUT2D eigenvalue weighted by Crippen LogP contribution is -2.49. The second-order valence-corrected chi connectivity index (χ2v) is 4.67. The zero-order valence-electron chi connectivity index (χ0n) is 9.44. The minimum Gasteiger partial charge on any atom is -0.397 e. The highest BCUT2D eigenvalue weighted by Crippen LogP contribution is 2.29. The van der Waals surface area contributed by atoms with Gasteiger partial charge >= 0.3 is 0 Å². The third kappa shape index (κ3) is 2.86. The molecule has 6 N–H and O–H groups in total. The van der Waals surface area contributed by atoms with Crippen LogP contribution >= 0.6 is 15.9 Å². The van der Waals surface area contributed by atoms with Crippen molar-refractivity contribution in [3.8, 4) is 0 Å². The lowest BCUT2D eigenvalue weighted by molar-refractivity contribution is 0.0830. The van der Waals surface area contributed by atoms with Crippen molar-refractivity contribution < 1.29 is 15.3 Å². The maximum Gasteiger partial charge on any atom is 0.141 e. The highest BCUT2D eigenvalue weighted by atomic mass is 79.9. The summed E-state index contributed by atoms with van der Waals surface area (Å²) in [5.74, 6) is 0.411. The maximum atomic E-state index is 9.20.